The molecule has 148 valence electrons. The Morgan fingerprint density at radius 1 is 0.967 bits per heavy atom. The van der Waals surface area contributed by atoms with Crippen LogP contribution in [0.3, 0.4) is 0 Å². The highest BCUT2D eigenvalue weighted by atomic mass is 16.5. The first kappa shape index (κ1) is 18.4. The van der Waals surface area contributed by atoms with Crippen LogP contribution >= 0.6 is 0 Å². The second-order valence-electron chi connectivity index (χ2n) is 7.34. The van der Waals surface area contributed by atoms with Gasteiger partial charge in [0.25, 0.3) is 0 Å². The van der Waals surface area contributed by atoms with Crippen molar-refractivity contribution in [2.75, 3.05) is 0 Å². The van der Waals surface area contributed by atoms with E-state index >= 15 is 0 Å². The number of aliphatic hydroxyl groups excluding tert-OH is 1. The normalized spacial score (nSPS) is 17.2. The fourth-order valence-corrected chi connectivity index (χ4v) is 3.67. The molecule has 1 aliphatic heterocycles. The molecule has 30 heavy (non-hydrogen) atoms. The van der Waals surface area contributed by atoms with E-state index in [-0.39, 0.29) is 6.10 Å². The smallest absolute Gasteiger partial charge is 0.226 e. The summed E-state index contributed by atoms with van der Waals surface area (Å²) in [5.74, 6) is 1.26. The number of hydrogen-bond acceptors (Lipinski definition) is 4. The lowest BCUT2D eigenvalue weighted by atomic mass is 9.95. The van der Waals surface area contributed by atoms with Gasteiger partial charge in [-0.2, -0.15) is 0 Å². The van der Waals surface area contributed by atoms with Crippen molar-refractivity contribution in [3.63, 3.8) is 0 Å². The minimum Gasteiger partial charge on any atom is -0.485 e. The van der Waals surface area contributed by atoms with Crippen molar-refractivity contribution in [2.45, 2.75) is 19.1 Å². The first-order valence-electron chi connectivity index (χ1n) is 9.97. The molecule has 2 heterocycles. The molecule has 1 aliphatic rings. The van der Waals surface area contributed by atoms with E-state index in [1.165, 1.54) is 0 Å². The van der Waals surface area contributed by atoms with Crippen LogP contribution in [-0.4, -0.2) is 16.2 Å². The van der Waals surface area contributed by atoms with Gasteiger partial charge in [-0.05, 0) is 48.4 Å². The van der Waals surface area contributed by atoms with Crippen molar-refractivity contribution in [1.29, 1.82) is 0 Å². The Bertz CT molecular complexity index is 1220. The van der Waals surface area contributed by atoms with E-state index in [0.29, 0.717) is 17.0 Å². The van der Waals surface area contributed by atoms with Gasteiger partial charge in [0.2, 0.25) is 5.89 Å². The summed E-state index contributed by atoms with van der Waals surface area (Å²) in [5, 5.41) is 11.2. The quantitative estimate of drug-likeness (QED) is 0.474. The Morgan fingerprint density at radius 2 is 1.70 bits per heavy atom. The number of fused-ring (bicyclic) bond motifs is 2. The molecule has 3 aromatic carbocycles. The van der Waals surface area contributed by atoms with E-state index in [9.17, 15) is 5.11 Å². The molecule has 0 unspecified atom stereocenters. The molecule has 4 heteroatoms. The number of hydrogen-bond donors (Lipinski definition) is 1. The standard InChI is InChI=1S/C26H21NO3/c1-17-20(15-19-11-5-7-13-23(19)29-17)16-21(25(28)18-9-3-2-4-10-18)26-27-22-12-6-8-14-24(22)30-26/h2-17,25,28H,1H3/b21-16+/t17-,25-/m1/s1. The molecule has 0 saturated heterocycles. The van der Waals surface area contributed by atoms with Gasteiger partial charge in [-0.25, -0.2) is 4.98 Å². The van der Waals surface area contributed by atoms with Crippen LogP contribution in [0.4, 0.5) is 0 Å². The average Bonchev–Trinajstić information content (AvgIpc) is 3.21. The summed E-state index contributed by atoms with van der Waals surface area (Å²) in [6.07, 6.45) is 2.97. The van der Waals surface area contributed by atoms with Crippen LogP contribution in [0.15, 0.2) is 94.9 Å². The van der Waals surface area contributed by atoms with Gasteiger partial charge in [-0.1, -0.05) is 60.7 Å². The third kappa shape index (κ3) is 3.42. The molecule has 2 atom stereocenters. The Hall–Kier alpha value is -3.63. The zero-order chi connectivity index (χ0) is 20.5. The number of aromatic nitrogens is 1. The van der Waals surface area contributed by atoms with E-state index in [1.54, 1.807) is 0 Å². The van der Waals surface area contributed by atoms with Crippen molar-refractivity contribution >= 4 is 22.7 Å². The lowest BCUT2D eigenvalue weighted by Gasteiger charge is -2.24. The van der Waals surface area contributed by atoms with Crippen LogP contribution in [0.1, 0.15) is 30.0 Å². The molecule has 1 N–H and O–H groups in total. The number of rotatable bonds is 4. The summed E-state index contributed by atoms with van der Waals surface area (Å²) < 4.78 is 12.1. The maximum atomic E-state index is 11.2. The summed E-state index contributed by atoms with van der Waals surface area (Å²) in [4.78, 5) is 4.63. The Morgan fingerprint density at radius 3 is 2.53 bits per heavy atom. The summed E-state index contributed by atoms with van der Waals surface area (Å²) in [6.45, 7) is 2.00. The highest BCUT2D eigenvalue weighted by molar-refractivity contribution is 5.79. The van der Waals surface area contributed by atoms with E-state index < -0.39 is 6.10 Å². The van der Waals surface area contributed by atoms with Gasteiger partial charge < -0.3 is 14.3 Å². The molecule has 0 fully saturated rings. The number of oxazole rings is 1. The van der Waals surface area contributed by atoms with Gasteiger partial charge in [0.15, 0.2) is 5.58 Å². The Labute approximate surface area is 174 Å². The zero-order valence-corrected chi connectivity index (χ0v) is 16.5. The van der Waals surface area contributed by atoms with E-state index in [1.807, 2.05) is 91.9 Å². The number of ether oxygens (including phenoxy) is 1. The second kappa shape index (κ2) is 7.65. The monoisotopic (exact) mass is 395 g/mol. The van der Waals surface area contributed by atoms with Crippen molar-refractivity contribution in [3.05, 3.63) is 108 Å². The summed E-state index contributed by atoms with van der Waals surface area (Å²) >= 11 is 0. The molecular weight excluding hydrogens is 374 g/mol. The number of aliphatic hydroxyl groups is 1. The maximum absolute atomic E-state index is 11.2. The van der Waals surface area contributed by atoms with Crippen LogP contribution < -0.4 is 4.74 Å². The molecule has 0 spiro atoms. The highest BCUT2D eigenvalue weighted by Crippen LogP contribution is 2.36. The molecule has 1 aromatic heterocycles. The third-order valence-corrected chi connectivity index (χ3v) is 5.29. The second-order valence-corrected chi connectivity index (χ2v) is 7.34. The predicted molar refractivity (Wildman–Crippen MR) is 118 cm³/mol. The van der Waals surface area contributed by atoms with E-state index in [2.05, 4.69) is 11.1 Å². The van der Waals surface area contributed by atoms with Gasteiger partial charge in [0, 0.05) is 11.1 Å². The van der Waals surface area contributed by atoms with Crippen molar-refractivity contribution in [1.82, 2.24) is 4.98 Å². The molecule has 5 rings (SSSR count). The summed E-state index contributed by atoms with van der Waals surface area (Å²) in [5.41, 5.74) is 4.76. The molecule has 0 amide bonds. The predicted octanol–water partition coefficient (Wildman–Crippen LogP) is 5.81. The topological polar surface area (TPSA) is 55.5 Å². The van der Waals surface area contributed by atoms with Crippen LogP contribution in [0, 0.1) is 0 Å². The molecule has 0 saturated carbocycles. The first-order valence-corrected chi connectivity index (χ1v) is 9.97. The number of para-hydroxylation sites is 3. The van der Waals surface area contributed by atoms with E-state index in [0.717, 1.165) is 28.0 Å². The van der Waals surface area contributed by atoms with Gasteiger partial charge >= 0.3 is 0 Å². The first-order chi connectivity index (χ1) is 14.7. The Balaban J connectivity index is 1.65. The lowest BCUT2D eigenvalue weighted by Crippen LogP contribution is -2.18. The largest absolute Gasteiger partial charge is 0.485 e. The molecule has 0 bridgehead atoms. The third-order valence-electron chi connectivity index (χ3n) is 5.29. The van der Waals surface area contributed by atoms with Gasteiger partial charge in [0.1, 0.15) is 23.5 Å². The zero-order valence-electron chi connectivity index (χ0n) is 16.5. The van der Waals surface area contributed by atoms with Crippen molar-refractivity contribution in [3.8, 4) is 5.75 Å². The van der Waals surface area contributed by atoms with Crippen LogP contribution in [0.2, 0.25) is 0 Å². The summed E-state index contributed by atoms with van der Waals surface area (Å²) in [6, 6.07) is 25.1. The maximum Gasteiger partial charge on any atom is 0.226 e. The fraction of sp³-hybridized carbons (Fsp3) is 0.115. The minimum absolute atomic E-state index is 0.165. The fourth-order valence-electron chi connectivity index (χ4n) is 3.67. The van der Waals surface area contributed by atoms with Gasteiger partial charge in [-0.3, -0.25) is 0 Å². The SMILES string of the molecule is C[C@H]1Oc2ccccc2C=C1/C=C(/c1nc2ccccc2o1)[C@H](O)c1ccccc1. The van der Waals surface area contributed by atoms with Crippen LogP contribution in [-0.2, 0) is 0 Å². The molecule has 0 radical (unpaired) electrons. The van der Waals surface area contributed by atoms with Crippen molar-refractivity contribution < 1.29 is 14.3 Å². The average molecular weight is 395 g/mol. The molecule has 0 aliphatic carbocycles. The minimum atomic E-state index is -0.885. The van der Waals surface area contributed by atoms with Crippen LogP contribution in [0.5, 0.6) is 5.75 Å². The summed E-state index contributed by atoms with van der Waals surface area (Å²) in [7, 11) is 0. The highest BCUT2D eigenvalue weighted by Gasteiger charge is 2.24. The lowest BCUT2D eigenvalue weighted by molar-refractivity contribution is 0.234. The molecule has 4 nitrogen and oxygen atoms in total. The molecular formula is C26H21NO3. The van der Waals surface area contributed by atoms with Gasteiger partial charge in [-0.15, -0.1) is 0 Å². The number of nitrogens with zero attached hydrogens (tertiary/aromatic N) is 1. The van der Waals surface area contributed by atoms with Crippen molar-refractivity contribution in [2.24, 2.45) is 0 Å². The Kier molecular flexibility index (Phi) is 4.69. The molecule has 4 aromatic rings. The number of benzene rings is 3. The van der Waals surface area contributed by atoms with Crippen LogP contribution in [0.25, 0.3) is 22.7 Å². The van der Waals surface area contributed by atoms with E-state index in [4.69, 9.17) is 9.15 Å². The van der Waals surface area contributed by atoms with Gasteiger partial charge in [0.05, 0.1) is 0 Å².